The first-order valence-electron chi connectivity index (χ1n) is 9.65. The molecule has 0 spiro atoms. The summed E-state index contributed by atoms with van der Waals surface area (Å²) in [5.74, 6) is 1.43. The molecule has 0 radical (unpaired) electrons. The molecule has 2 heterocycles. The lowest BCUT2D eigenvalue weighted by molar-refractivity contribution is -0.137. The van der Waals surface area contributed by atoms with E-state index in [0.717, 1.165) is 54.7 Å². The van der Waals surface area contributed by atoms with Crippen molar-refractivity contribution in [1.82, 2.24) is 9.97 Å². The summed E-state index contributed by atoms with van der Waals surface area (Å²) in [6.45, 7) is 3.58. The van der Waals surface area contributed by atoms with Crippen LogP contribution in [0.1, 0.15) is 11.1 Å². The highest BCUT2D eigenvalue weighted by Gasteiger charge is 2.29. The maximum Gasteiger partial charge on any atom is 0.416 e. The van der Waals surface area contributed by atoms with Gasteiger partial charge in [-0.3, -0.25) is 0 Å². The number of rotatable bonds is 5. The fraction of sp³-hybridized carbons (Fsp3) is 0.273. The number of thioether (sulfide) groups is 1. The van der Waals surface area contributed by atoms with E-state index in [1.807, 2.05) is 24.3 Å². The second-order valence-corrected chi connectivity index (χ2v) is 8.00. The summed E-state index contributed by atoms with van der Waals surface area (Å²) in [6, 6.07) is 17.6. The Morgan fingerprint density at radius 1 is 0.833 bits per heavy atom. The van der Waals surface area contributed by atoms with E-state index < -0.39 is 11.7 Å². The van der Waals surface area contributed by atoms with Crippen LogP contribution in [0, 0.1) is 0 Å². The molecule has 0 aliphatic carbocycles. The van der Waals surface area contributed by atoms with Gasteiger partial charge in [-0.05, 0) is 29.8 Å². The van der Waals surface area contributed by atoms with E-state index in [9.17, 15) is 13.2 Å². The van der Waals surface area contributed by atoms with Gasteiger partial charge >= 0.3 is 6.18 Å². The Balaban J connectivity index is 1.34. The number of hydrogen-bond donors (Lipinski definition) is 0. The Morgan fingerprint density at radius 3 is 2.17 bits per heavy atom. The summed E-state index contributed by atoms with van der Waals surface area (Å²) in [6.07, 6.45) is -2.76. The molecule has 1 fully saturated rings. The monoisotopic (exact) mass is 430 g/mol. The van der Waals surface area contributed by atoms with Crippen LogP contribution in [0.4, 0.5) is 24.7 Å². The zero-order chi connectivity index (χ0) is 21.0. The van der Waals surface area contributed by atoms with Gasteiger partial charge in [0.05, 0.1) is 5.56 Å². The second kappa shape index (κ2) is 8.95. The highest BCUT2D eigenvalue weighted by Crippen LogP contribution is 2.30. The van der Waals surface area contributed by atoms with E-state index in [1.165, 1.54) is 29.6 Å². The third-order valence-electron chi connectivity index (χ3n) is 5.02. The minimum absolute atomic E-state index is 0.552. The van der Waals surface area contributed by atoms with Gasteiger partial charge < -0.3 is 9.80 Å². The standard InChI is InChI=1S/C22H21F3N4S/c23-22(24,25)18-8-6-17(7-9-18)15-30-21-14-20(26-16-27-21)29-12-10-28(11-13-29)19-4-2-1-3-5-19/h1-9,14,16H,10-13,15H2. The van der Waals surface area contributed by atoms with Crippen molar-refractivity contribution in [1.29, 1.82) is 0 Å². The molecule has 0 amide bonds. The topological polar surface area (TPSA) is 32.3 Å². The summed E-state index contributed by atoms with van der Waals surface area (Å²) in [5.41, 5.74) is 1.42. The van der Waals surface area contributed by atoms with E-state index in [-0.39, 0.29) is 0 Å². The Kier molecular flexibility index (Phi) is 6.13. The first kappa shape index (κ1) is 20.5. The largest absolute Gasteiger partial charge is 0.416 e. The summed E-state index contributed by atoms with van der Waals surface area (Å²) >= 11 is 1.49. The van der Waals surface area contributed by atoms with Crippen molar-refractivity contribution in [2.45, 2.75) is 17.0 Å². The second-order valence-electron chi connectivity index (χ2n) is 7.01. The molecule has 0 unspecified atom stereocenters. The molecule has 8 heteroatoms. The number of halogens is 3. The Hall–Kier alpha value is -2.74. The van der Waals surface area contributed by atoms with E-state index >= 15 is 0 Å². The number of hydrogen-bond acceptors (Lipinski definition) is 5. The fourth-order valence-corrected chi connectivity index (χ4v) is 4.18. The van der Waals surface area contributed by atoms with Crippen LogP contribution in [0.15, 0.2) is 72.0 Å². The van der Waals surface area contributed by atoms with Crippen molar-refractivity contribution in [3.8, 4) is 0 Å². The maximum atomic E-state index is 12.7. The Morgan fingerprint density at radius 2 is 1.50 bits per heavy atom. The zero-order valence-corrected chi connectivity index (χ0v) is 17.0. The maximum absolute atomic E-state index is 12.7. The van der Waals surface area contributed by atoms with Gasteiger partial charge in [-0.2, -0.15) is 13.2 Å². The van der Waals surface area contributed by atoms with Gasteiger partial charge in [0.2, 0.25) is 0 Å². The van der Waals surface area contributed by atoms with Crippen LogP contribution in [0.5, 0.6) is 0 Å². The summed E-state index contributed by atoms with van der Waals surface area (Å²) in [4.78, 5) is 13.3. The first-order chi connectivity index (χ1) is 14.5. The van der Waals surface area contributed by atoms with E-state index in [4.69, 9.17) is 0 Å². The predicted octanol–water partition coefficient (Wildman–Crippen LogP) is 5.11. The van der Waals surface area contributed by atoms with Crippen LogP contribution in [-0.4, -0.2) is 36.1 Å². The van der Waals surface area contributed by atoms with Crippen LogP contribution in [-0.2, 0) is 11.9 Å². The molecule has 0 N–H and O–H groups in total. The quantitative estimate of drug-likeness (QED) is 0.415. The van der Waals surface area contributed by atoms with Gasteiger partial charge in [0.15, 0.2) is 0 Å². The lowest BCUT2D eigenvalue weighted by Gasteiger charge is -2.36. The molecule has 2 aromatic carbocycles. The minimum Gasteiger partial charge on any atom is -0.368 e. The van der Waals surface area contributed by atoms with Crippen LogP contribution in [0.25, 0.3) is 0 Å². The molecule has 4 nitrogen and oxygen atoms in total. The van der Waals surface area contributed by atoms with Gasteiger partial charge in [0, 0.05) is 43.7 Å². The SMILES string of the molecule is FC(F)(F)c1ccc(CSc2cc(N3CCN(c4ccccc4)CC3)ncn2)cc1. The summed E-state index contributed by atoms with van der Waals surface area (Å²) in [7, 11) is 0. The van der Waals surface area contributed by atoms with Crippen molar-refractivity contribution in [2.75, 3.05) is 36.0 Å². The van der Waals surface area contributed by atoms with Crippen LogP contribution < -0.4 is 9.80 Å². The smallest absolute Gasteiger partial charge is 0.368 e. The molecule has 30 heavy (non-hydrogen) atoms. The number of aromatic nitrogens is 2. The van der Waals surface area contributed by atoms with E-state index in [2.05, 4.69) is 31.9 Å². The van der Waals surface area contributed by atoms with Gasteiger partial charge in [-0.1, -0.05) is 30.3 Å². The molecule has 0 atom stereocenters. The van der Waals surface area contributed by atoms with Gasteiger partial charge in [0.25, 0.3) is 0 Å². The summed E-state index contributed by atoms with van der Waals surface area (Å²) < 4.78 is 38.0. The predicted molar refractivity (Wildman–Crippen MR) is 114 cm³/mol. The average molecular weight is 430 g/mol. The van der Waals surface area contributed by atoms with Crippen molar-refractivity contribution in [3.05, 3.63) is 78.1 Å². The number of alkyl halides is 3. The van der Waals surface area contributed by atoms with Crippen molar-refractivity contribution in [2.24, 2.45) is 0 Å². The molecular formula is C22H21F3N4S. The molecule has 0 saturated carbocycles. The number of piperazine rings is 1. The number of nitrogens with zero attached hydrogens (tertiary/aromatic N) is 4. The highest BCUT2D eigenvalue weighted by atomic mass is 32.2. The summed E-state index contributed by atoms with van der Waals surface area (Å²) in [5, 5.41) is 0.811. The third-order valence-corrected chi connectivity index (χ3v) is 6.02. The molecular weight excluding hydrogens is 409 g/mol. The lowest BCUT2D eigenvalue weighted by Crippen LogP contribution is -2.46. The molecule has 3 aromatic rings. The van der Waals surface area contributed by atoms with Crippen LogP contribution in [0.2, 0.25) is 0 Å². The molecule has 0 bridgehead atoms. The first-order valence-corrected chi connectivity index (χ1v) is 10.6. The molecule has 1 aliphatic rings. The number of benzene rings is 2. The normalized spacial score (nSPS) is 14.8. The van der Waals surface area contributed by atoms with Crippen molar-refractivity contribution >= 4 is 23.3 Å². The van der Waals surface area contributed by atoms with Crippen LogP contribution >= 0.6 is 11.8 Å². The van der Waals surface area contributed by atoms with Gasteiger partial charge in [-0.25, -0.2) is 9.97 Å². The van der Waals surface area contributed by atoms with Gasteiger partial charge in [-0.15, -0.1) is 11.8 Å². The highest BCUT2D eigenvalue weighted by molar-refractivity contribution is 7.98. The number of para-hydroxylation sites is 1. The van der Waals surface area contributed by atoms with Gasteiger partial charge in [0.1, 0.15) is 17.2 Å². The van der Waals surface area contributed by atoms with Crippen molar-refractivity contribution < 1.29 is 13.2 Å². The molecule has 156 valence electrons. The van der Waals surface area contributed by atoms with E-state index in [1.54, 1.807) is 6.33 Å². The molecule has 1 saturated heterocycles. The third kappa shape index (κ3) is 5.05. The molecule has 1 aromatic heterocycles. The molecule has 1 aliphatic heterocycles. The molecule has 4 rings (SSSR count). The Labute approximate surface area is 177 Å². The number of anilines is 2. The van der Waals surface area contributed by atoms with E-state index in [0.29, 0.717) is 5.75 Å². The Bertz CT molecular complexity index is 956. The zero-order valence-electron chi connectivity index (χ0n) is 16.2. The van der Waals surface area contributed by atoms with Crippen LogP contribution in [0.3, 0.4) is 0 Å². The lowest BCUT2D eigenvalue weighted by atomic mass is 10.1. The minimum atomic E-state index is -4.31. The fourth-order valence-electron chi connectivity index (χ4n) is 3.36. The average Bonchev–Trinajstić information content (AvgIpc) is 2.78. The van der Waals surface area contributed by atoms with Crippen molar-refractivity contribution in [3.63, 3.8) is 0 Å².